The minimum Gasteiger partial charge on any atom is -0.494 e. The lowest BCUT2D eigenvalue weighted by Crippen LogP contribution is -2.30. The van der Waals surface area contributed by atoms with E-state index in [1.54, 1.807) is 48.5 Å². The first-order chi connectivity index (χ1) is 39.3. The molecule has 2 saturated carbocycles. The highest BCUT2D eigenvalue weighted by Crippen LogP contribution is 2.36. The van der Waals surface area contributed by atoms with Crippen LogP contribution in [0.15, 0.2) is 121 Å². The monoisotopic (exact) mass is 1130 g/mol. The molecule has 0 saturated heterocycles. The maximum absolute atomic E-state index is 13.8. The van der Waals surface area contributed by atoms with Gasteiger partial charge < -0.3 is 37.9 Å². The van der Waals surface area contributed by atoms with Gasteiger partial charge in [-0.2, -0.15) is 10.1 Å². The Morgan fingerprint density at radius 3 is 1.38 bits per heavy atom. The Balaban J connectivity index is 0.890. The Morgan fingerprint density at radius 1 is 0.531 bits per heavy atom. The lowest BCUT2D eigenvalue weighted by molar-refractivity contribution is -0.145. The van der Waals surface area contributed by atoms with Crippen LogP contribution in [0.5, 0.6) is 34.5 Å². The molecule has 18 nitrogen and oxygen atoms in total. The molecule has 0 radical (unpaired) electrons. The van der Waals surface area contributed by atoms with E-state index in [2.05, 4.69) is 23.2 Å². The van der Waals surface area contributed by atoms with Gasteiger partial charge in [-0.25, -0.2) is 14.6 Å². The Kier molecular flexibility index (Phi) is 23.6. The van der Waals surface area contributed by atoms with Crippen molar-refractivity contribution in [3.05, 3.63) is 122 Å². The molecule has 2 aliphatic rings. The van der Waals surface area contributed by atoms with Crippen molar-refractivity contribution in [2.24, 2.45) is 28.8 Å². The van der Waals surface area contributed by atoms with E-state index in [1.165, 1.54) is 42.7 Å². The van der Waals surface area contributed by atoms with Gasteiger partial charge in [0.25, 0.3) is 0 Å². The summed E-state index contributed by atoms with van der Waals surface area (Å²) in [5.74, 6) is -2.50. The molecular weight excluding hydrogens is 1060 g/mol. The topological polar surface area (TPSA) is 222 Å². The van der Waals surface area contributed by atoms with Crippen LogP contribution in [-0.4, -0.2) is 79.3 Å². The number of hydrogen-bond acceptors (Lipinski definition) is 18. The van der Waals surface area contributed by atoms with Crippen molar-refractivity contribution in [2.45, 2.75) is 110 Å². The summed E-state index contributed by atoms with van der Waals surface area (Å²) in [5.41, 5.74) is 0.942. The number of carbonyl (C=O) groups excluding carboxylic acids is 7. The fourth-order valence-electron chi connectivity index (χ4n) is 9.21. The molecule has 0 spiro atoms. The Labute approximate surface area is 475 Å². The predicted molar refractivity (Wildman–Crippen MR) is 303 cm³/mol. The zero-order valence-corrected chi connectivity index (χ0v) is 46.4. The number of benzene rings is 4. The highest BCUT2D eigenvalue weighted by atomic mass is 32.1. The minimum atomic E-state index is -0.520. The number of para-hydroxylation sites is 1. The van der Waals surface area contributed by atoms with Crippen molar-refractivity contribution >= 4 is 74.6 Å². The number of rotatable bonds is 29. The minimum absolute atomic E-state index is 0.115. The molecule has 0 bridgehead atoms. The summed E-state index contributed by atoms with van der Waals surface area (Å²) in [7, 11) is 0. The summed E-state index contributed by atoms with van der Waals surface area (Å²) < 4.78 is 45.8. The fraction of sp³-hybridized carbons (Fsp3) is 0.403. The third kappa shape index (κ3) is 19.3. The number of unbranched alkanes of at least 4 members (excludes halogenated alkanes) is 6. The molecule has 81 heavy (non-hydrogen) atoms. The average Bonchev–Trinajstić information content (AvgIpc) is 3.92. The van der Waals surface area contributed by atoms with Crippen molar-refractivity contribution < 1.29 is 71.5 Å². The highest BCUT2D eigenvalue weighted by molar-refractivity contribution is 7.22. The molecule has 0 unspecified atom stereocenters. The molecule has 7 rings (SSSR count). The van der Waals surface area contributed by atoms with Gasteiger partial charge in [0.1, 0.15) is 34.5 Å². The van der Waals surface area contributed by atoms with Gasteiger partial charge in [0.2, 0.25) is 11.0 Å². The zero-order valence-electron chi connectivity index (χ0n) is 45.6. The Hall–Kier alpha value is -8.19. The predicted octanol–water partition coefficient (Wildman–Crippen LogP) is 11.7. The number of fused-ring (bicyclic) bond motifs is 1. The first-order valence-electron chi connectivity index (χ1n) is 27.6. The number of hydrazone groups is 1. The van der Waals surface area contributed by atoms with Gasteiger partial charge in [-0.3, -0.25) is 24.0 Å². The van der Waals surface area contributed by atoms with Crippen LogP contribution in [0.25, 0.3) is 10.2 Å². The van der Waals surface area contributed by atoms with E-state index >= 15 is 0 Å². The second-order valence-electron chi connectivity index (χ2n) is 19.7. The van der Waals surface area contributed by atoms with Crippen LogP contribution < -0.4 is 33.4 Å². The molecule has 4 aromatic carbocycles. The number of anilines is 1. The van der Waals surface area contributed by atoms with E-state index < -0.39 is 53.5 Å². The van der Waals surface area contributed by atoms with Crippen molar-refractivity contribution in [1.82, 2.24) is 4.98 Å². The second-order valence-corrected chi connectivity index (χ2v) is 20.7. The van der Waals surface area contributed by atoms with Crippen LogP contribution in [0.4, 0.5) is 5.13 Å². The highest BCUT2D eigenvalue weighted by Gasteiger charge is 2.34. The number of thiazole rings is 1. The van der Waals surface area contributed by atoms with Gasteiger partial charge in [0.05, 0.1) is 66.5 Å². The molecule has 0 aliphatic heterocycles. The molecular formula is C62H69N3O15S. The van der Waals surface area contributed by atoms with E-state index in [1.807, 2.05) is 24.3 Å². The molecule has 428 valence electrons. The summed E-state index contributed by atoms with van der Waals surface area (Å²) in [6, 6.07) is 25.7. The molecule has 2 aliphatic carbocycles. The van der Waals surface area contributed by atoms with Crippen LogP contribution in [0.1, 0.15) is 115 Å². The quantitative estimate of drug-likeness (QED) is 0.0108. The van der Waals surface area contributed by atoms with E-state index in [-0.39, 0.29) is 29.0 Å². The molecule has 1 heterocycles. The first-order valence-corrected chi connectivity index (χ1v) is 28.4. The van der Waals surface area contributed by atoms with Gasteiger partial charge in [0, 0.05) is 24.6 Å². The van der Waals surface area contributed by atoms with Crippen molar-refractivity contribution in [3.8, 4) is 34.5 Å². The molecule has 1 amide bonds. The number of hydrogen-bond donors (Lipinski definition) is 0. The standard InChI is InChI=1S/C62H69N3O15S/c1-4-56(67)75-38-14-8-6-12-36-73-48-26-30-50(31-27-48)77-58(69)43-18-20-45(21-19-43)60(71)79-52-34-35-54(47(40-52)41-63-65(42(3)66)62-64-53-16-10-11-17-55(53)81-62)80-61(72)46-24-22-44(23-25-46)59(70)78-51-32-28-49(29-33-51)74-37-13-7-9-15-39-76-57(68)5-2/h4-5,10-11,16-17,26-35,40-41,43-46H,1-2,6-9,12-15,18-25,36-39H2,3H3/b63-41+/t43-,44-,45-,46-. The number of carbonyl (C=O) groups is 7. The Morgan fingerprint density at radius 2 is 0.938 bits per heavy atom. The molecule has 5 aromatic rings. The Bertz CT molecular complexity index is 2940. The SMILES string of the molecule is C=CC(=O)OCCCCCCOc1ccc(OC(=O)[C@H]2CC[C@H](C(=O)Oc3ccc(OC(=O)[C@H]4CC[C@H](C(=O)Oc5ccc(OCCCCCCOC(=O)C=C)cc5)CC4)c(/C=N/N(C(C)=O)c4nc5ccccc5s4)c3)CC2)cc1. The van der Waals surface area contributed by atoms with Crippen molar-refractivity contribution in [1.29, 1.82) is 0 Å². The van der Waals surface area contributed by atoms with Gasteiger partial charge >= 0.3 is 35.8 Å². The molecule has 0 N–H and O–H groups in total. The van der Waals surface area contributed by atoms with Gasteiger partial charge in [-0.1, -0.05) is 36.6 Å². The third-order valence-electron chi connectivity index (χ3n) is 13.8. The van der Waals surface area contributed by atoms with Gasteiger partial charge in [-0.05, 0) is 182 Å². The number of esters is 6. The number of aromatic nitrogens is 1. The summed E-state index contributed by atoms with van der Waals surface area (Å²) in [6.07, 6.45) is 13.7. The normalized spacial score (nSPS) is 16.8. The van der Waals surface area contributed by atoms with Crippen molar-refractivity contribution in [2.75, 3.05) is 31.4 Å². The van der Waals surface area contributed by atoms with Gasteiger partial charge in [0.15, 0.2) is 0 Å². The zero-order chi connectivity index (χ0) is 57.3. The maximum Gasteiger partial charge on any atom is 0.330 e. The van der Waals surface area contributed by atoms with Crippen molar-refractivity contribution in [3.63, 3.8) is 0 Å². The number of ether oxygens (including phenoxy) is 8. The molecule has 0 atom stereocenters. The van der Waals surface area contributed by atoms with E-state index in [4.69, 9.17) is 37.9 Å². The van der Waals surface area contributed by atoms with Crippen LogP contribution >= 0.6 is 11.3 Å². The van der Waals surface area contributed by atoms with Crippen LogP contribution in [0, 0.1) is 23.7 Å². The lowest BCUT2D eigenvalue weighted by Gasteiger charge is -2.26. The van der Waals surface area contributed by atoms with Crippen LogP contribution in [0.3, 0.4) is 0 Å². The molecule has 1 aromatic heterocycles. The van der Waals surface area contributed by atoms with Crippen LogP contribution in [-0.2, 0) is 43.0 Å². The largest absolute Gasteiger partial charge is 0.494 e. The molecule has 2 fully saturated rings. The second kappa shape index (κ2) is 31.6. The maximum atomic E-state index is 13.8. The fourth-order valence-corrected chi connectivity index (χ4v) is 10.2. The number of nitrogens with zero attached hydrogens (tertiary/aromatic N) is 3. The van der Waals surface area contributed by atoms with E-state index in [0.717, 1.165) is 73.2 Å². The first kappa shape index (κ1) is 60.5. The average molecular weight is 1130 g/mol. The van der Waals surface area contributed by atoms with E-state index in [0.29, 0.717) is 111 Å². The molecule has 19 heteroatoms. The summed E-state index contributed by atoms with van der Waals surface area (Å²) in [6.45, 7) is 9.88. The summed E-state index contributed by atoms with van der Waals surface area (Å²) in [5, 5.41) is 5.96. The summed E-state index contributed by atoms with van der Waals surface area (Å²) in [4.78, 5) is 93.7. The lowest BCUT2D eigenvalue weighted by atomic mass is 9.82. The summed E-state index contributed by atoms with van der Waals surface area (Å²) >= 11 is 1.28. The number of amides is 1. The third-order valence-corrected chi connectivity index (χ3v) is 14.8. The van der Waals surface area contributed by atoms with E-state index in [9.17, 15) is 33.6 Å². The van der Waals surface area contributed by atoms with Gasteiger partial charge in [-0.15, -0.1) is 0 Å². The van der Waals surface area contributed by atoms with Crippen LogP contribution in [0.2, 0.25) is 0 Å². The smallest absolute Gasteiger partial charge is 0.330 e.